The quantitative estimate of drug-likeness (QED) is 0.366. The van der Waals surface area contributed by atoms with Crippen LogP contribution in [-0.2, 0) is 16.0 Å². The van der Waals surface area contributed by atoms with Crippen molar-refractivity contribution in [2.75, 3.05) is 24.3 Å². The second-order valence-corrected chi connectivity index (χ2v) is 9.05. The number of hydrogen-bond donors (Lipinski definition) is 2. The predicted molar refractivity (Wildman–Crippen MR) is 139 cm³/mol. The molecule has 34 heavy (non-hydrogen) atoms. The van der Waals surface area contributed by atoms with Crippen LogP contribution in [-0.4, -0.2) is 25.5 Å². The minimum absolute atomic E-state index is 0.0857. The van der Waals surface area contributed by atoms with E-state index in [9.17, 15) is 9.59 Å². The maximum atomic E-state index is 12.9. The number of benzene rings is 3. The zero-order valence-electron chi connectivity index (χ0n) is 20.6. The first kappa shape index (κ1) is 25.0. The molecular formula is C29H34N2O3. The van der Waals surface area contributed by atoms with Crippen LogP contribution in [0.15, 0.2) is 66.7 Å². The minimum atomic E-state index is -0.354. The van der Waals surface area contributed by atoms with Gasteiger partial charge in [0.05, 0.1) is 19.2 Å². The number of amides is 1. The van der Waals surface area contributed by atoms with E-state index < -0.39 is 0 Å². The lowest BCUT2D eigenvalue weighted by Crippen LogP contribution is -2.24. The molecule has 3 aromatic rings. The van der Waals surface area contributed by atoms with Crippen LogP contribution < -0.4 is 10.6 Å². The first-order valence-electron chi connectivity index (χ1n) is 11.7. The highest BCUT2D eigenvalue weighted by molar-refractivity contribution is 5.95. The summed E-state index contributed by atoms with van der Waals surface area (Å²) in [6.07, 6.45) is 0.628. The first-order chi connectivity index (χ1) is 16.3. The Hall–Kier alpha value is -3.60. The van der Waals surface area contributed by atoms with E-state index in [0.717, 1.165) is 33.6 Å². The largest absolute Gasteiger partial charge is 0.465 e. The van der Waals surface area contributed by atoms with Gasteiger partial charge in [-0.05, 0) is 58.7 Å². The number of carbonyl (C=O) groups excluding carboxylic acids is 2. The Morgan fingerprint density at radius 2 is 1.50 bits per heavy atom. The average molecular weight is 459 g/mol. The lowest BCUT2D eigenvalue weighted by atomic mass is 9.92. The molecule has 5 heteroatoms. The van der Waals surface area contributed by atoms with E-state index in [4.69, 9.17) is 4.74 Å². The Labute approximate surface area is 202 Å². The molecular weight excluding hydrogens is 424 g/mol. The molecule has 1 amide bonds. The first-order valence-corrected chi connectivity index (χ1v) is 11.7. The van der Waals surface area contributed by atoms with Crippen molar-refractivity contribution in [2.24, 2.45) is 0 Å². The number of nitrogens with one attached hydrogen (secondary N) is 2. The number of para-hydroxylation sites is 2. The third kappa shape index (κ3) is 6.25. The van der Waals surface area contributed by atoms with Gasteiger partial charge in [0, 0.05) is 11.4 Å². The van der Waals surface area contributed by atoms with E-state index in [1.165, 1.54) is 7.11 Å². The molecule has 0 aromatic heterocycles. The number of rotatable bonds is 9. The number of carbonyl (C=O) groups is 2. The second-order valence-electron chi connectivity index (χ2n) is 9.05. The van der Waals surface area contributed by atoms with E-state index in [2.05, 4.69) is 56.5 Å². The summed E-state index contributed by atoms with van der Waals surface area (Å²) >= 11 is 0. The number of esters is 1. The molecule has 0 saturated carbocycles. The highest BCUT2D eigenvalue weighted by Crippen LogP contribution is 2.32. The molecule has 0 unspecified atom stereocenters. The Morgan fingerprint density at radius 3 is 2.15 bits per heavy atom. The normalized spacial score (nSPS) is 10.9. The molecule has 0 fully saturated rings. The van der Waals surface area contributed by atoms with Crippen molar-refractivity contribution in [3.05, 3.63) is 94.5 Å². The van der Waals surface area contributed by atoms with Crippen molar-refractivity contribution >= 4 is 23.3 Å². The minimum Gasteiger partial charge on any atom is -0.465 e. The highest BCUT2D eigenvalue weighted by atomic mass is 16.5. The van der Waals surface area contributed by atoms with Gasteiger partial charge in [-0.2, -0.15) is 0 Å². The maximum absolute atomic E-state index is 12.9. The van der Waals surface area contributed by atoms with Crippen LogP contribution in [0.1, 0.15) is 72.1 Å². The Bertz CT molecular complexity index is 1130. The van der Waals surface area contributed by atoms with Crippen LogP contribution in [0.25, 0.3) is 0 Å². The summed E-state index contributed by atoms with van der Waals surface area (Å²) in [7, 11) is 1.38. The Kier molecular flexibility index (Phi) is 8.47. The third-order valence-electron chi connectivity index (χ3n) is 5.84. The molecule has 0 aliphatic heterocycles. The lowest BCUT2D eigenvalue weighted by molar-refractivity contribution is -0.114. The monoisotopic (exact) mass is 458 g/mol. The van der Waals surface area contributed by atoms with Gasteiger partial charge in [0.15, 0.2) is 0 Å². The lowest BCUT2D eigenvalue weighted by Gasteiger charge is -2.20. The standard InChI is InChI=1S/C29H34N2O3/c1-19(2)24-13-9-14-25(20(3)4)28(24)31-27(32)18-30-26-15-7-6-11-22(26)16-21-10-8-12-23(17-21)29(33)34-5/h6-15,17,19-20,30H,16,18H2,1-5H3,(H,31,32). The van der Waals surface area contributed by atoms with E-state index >= 15 is 0 Å². The molecule has 0 bridgehead atoms. The third-order valence-corrected chi connectivity index (χ3v) is 5.84. The predicted octanol–water partition coefficient (Wildman–Crippen LogP) is 6.36. The summed E-state index contributed by atoms with van der Waals surface area (Å²) < 4.78 is 4.83. The van der Waals surface area contributed by atoms with Gasteiger partial charge < -0.3 is 15.4 Å². The van der Waals surface area contributed by atoms with Gasteiger partial charge in [-0.25, -0.2) is 4.79 Å². The van der Waals surface area contributed by atoms with Gasteiger partial charge in [-0.1, -0.05) is 76.2 Å². The summed E-state index contributed by atoms with van der Waals surface area (Å²) in [5.41, 5.74) is 6.66. The van der Waals surface area contributed by atoms with Gasteiger partial charge in [0.2, 0.25) is 5.91 Å². The Balaban J connectivity index is 1.73. The number of hydrogen-bond acceptors (Lipinski definition) is 4. The fourth-order valence-corrected chi connectivity index (χ4v) is 4.05. The molecule has 0 saturated heterocycles. The van der Waals surface area contributed by atoms with Gasteiger partial charge in [0.1, 0.15) is 0 Å². The van der Waals surface area contributed by atoms with Gasteiger partial charge in [0.25, 0.3) is 0 Å². The molecule has 0 heterocycles. The van der Waals surface area contributed by atoms with Crippen LogP contribution in [0.5, 0.6) is 0 Å². The Morgan fingerprint density at radius 1 is 0.853 bits per heavy atom. The van der Waals surface area contributed by atoms with Gasteiger partial charge >= 0.3 is 5.97 Å². The summed E-state index contributed by atoms with van der Waals surface area (Å²) in [6.45, 7) is 8.71. The number of ether oxygens (including phenoxy) is 1. The van der Waals surface area contributed by atoms with Crippen molar-refractivity contribution in [3.8, 4) is 0 Å². The fourth-order valence-electron chi connectivity index (χ4n) is 4.05. The van der Waals surface area contributed by atoms with Crippen molar-refractivity contribution in [1.29, 1.82) is 0 Å². The zero-order chi connectivity index (χ0) is 24.7. The molecule has 0 spiro atoms. The SMILES string of the molecule is COC(=O)c1cccc(Cc2ccccc2NCC(=O)Nc2c(C(C)C)cccc2C(C)C)c1. The smallest absolute Gasteiger partial charge is 0.337 e. The van der Waals surface area contributed by atoms with Crippen LogP contribution in [0, 0.1) is 0 Å². The topological polar surface area (TPSA) is 67.4 Å². The summed E-state index contributed by atoms with van der Waals surface area (Å²) in [6, 6.07) is 21.5. The van der Waals surface area contributed by atoms with Crippen molar-refractivity contribution in [3.63, 3.8) is 0 Å². The van der Waals surface area contributed by atoms with Crippen LogP contribution in [0.2, 0.25) is 0 Å². The second kappa shape index (κ2) is 11.5. The number of anilines is 2. The van der Waals surface area contributed by atoms with E-state index in [1.807, 2.05) is 42.5 Å². The van der Waals surface area contributed by atoms with E-state index in [1.54, 1.807) is 6.07 Å². The molecule has 0 atom stereocenters. The molecule has 0 aliphatic carbocycles. The molecule has 5 nitrogen and oxygen atoms in total. The van der Waals surface area contributed by atoms with Crippen molar-refractivity contribution in [1.82, 2.24) is 0 Å². The van der Waals surface area contributed by atoms with Crippen LogP contribution in [0.4, 0.5) is 11.4 Å². The summed E-state index contributed by atoms with van der Waals surface area (Å²) in [5, 5.41) is 6.45. The van der Waals surface area contributed by atoms with E-state index in [0.29, 0.717) is 23.8 Å². The molecule has 178 valence electrons. The zero-order valence-corrected chi connectivity index (χ0v) is 20.6. The van der Waals surface area contributed by atoms with Crippen molar-refractivity contribution < 1.29 is 14.3 Å². The summed E-state index contributed by atoms with van der Waals surface area (Å²) in [4.78, 5) is 24.8. The van der Waals surface area contributed by atoms with Crippen molar-refractivity contribution in [2.45, 2.75) is 46.0 Å². The van der Waals surface area contributed by atoms with Crippen LogP contribution in [0.3, 0.4) is 0 Å². The van der Waals surface area contributed by atoms with Gasteiger partial charge in [-0.15, -0.1) is 0 Å². The molecule has 3 rings (SSSR count). The number of methoxy groups -OCH3 is 1. The molecule has 3 aromatic carbocycles. The molecule has 2 N–H and O–H groups in total. The maximum Gasteiger partial charge on any atom is 0.337 e. The van der Waals surface area contributed by atoms with Crippen LogP contribution >= 0.6 is 0 Å². The summed E-state index contributed by atoms with van der Waals surface area (Å²) in [5.74, 6) is 0.178. The fraction of sp³-hybridized carbons (Fsp3) is 0.310. The van der Waals surface area contributed by atoms with E-state index in [-0.39, 0.29) is 18.4 Å². The molecule has 0 aliphatic rings. The highest BCUT2D eigenvalue weighted by Gasteiger charge is 2.16. The average Bonchev–Trinajstić information content (AvgIpc) is 2.83. The van der Waals surface area contributed by atoms with Gasteiger partial charge in [-0.3, -0.25) is 4.79 Å². The molecule has 0 radical (unpaired) electrons.